The Morgan fingerprint density at radius 2 is 2.11 bits per heavy atom. The third kappa shape index (κ3) is 4.30. The van der Waals surface area contributed by atoms with Crippen LogP contribution < -0.4 is 0 Å². The molecule has 0 saturated carbocycles. The highest BCUT2D eigenvalue weighted by Gasteiger charge is 2.14. The average molecular weight is 312 g/mol. The molecule has 0 heterocycles. The largest absolute Gasteiger partial charge is 0.131 e. The topological polar surface area (TPSA) is 0 Å². The molecule has 1 aliphatic carbocycles. The molecule has 3 heteroatoms. The smallest absolute Gasteiger partial charge is 0.0412 e. The molecule has 0 bridgehead atoms. The van der Waals surface area contributed by atoms with Crippen LogP contribution in [0.15, 0.2) is 40.3 Å². The summed E-state index contributed by atoms with van der Waals surface area (Å²) in [7, 11) is 0. The second-order valence-corrected chi connectivity index (χ2v) is 6.56. The predicted octanol–water partition coefficient (Wildman–Crippen LogP) is 6.32. The van der Waals surface area contributed by atoms with Gasteiger partial charge in [-0.3, -0.25) is 0 Å². The molecule has 1 aliphatic rings. The first-order valence-corrected chi connectivity index (χ1v) is 8.27. The molecule has 0 nitrogen and oxygen atoms in total. The van der Waals surface area contributed by atoms with Gasteiger partial charge in [0.25, 0.3) is 0 Å². The van der Waals surface area contributed by atoms with Crippen molar-refractivity contribution >= 4 is 40.5 Å². The molecule has 0 fully saturated rings. The van der Waals surface area contributed by atoms with Crippen molar-refractivity contribution in [3.8, 4) is 0 Å². The molecule has 2 rings (SSSR count). The summed E-state index contributed by atoms with van der Waals surface area (Å²) < 4.78 is 0. The van der Waals surface area contributed by atoms with Crippen molar-refractivity contribution in [2.24, 2.45) is 0 Å². The molecule has 0 aromatic heterocycles. The number of benzene rings is 1. The number of thioether (sulfide) groups is 1. The fourth-order valence-electron chi connectivity index (χ4n) is 1.91. The Labute approximate surface area is 129 Å². The highest BCUT2D eigenvalue weighted by molar-refractivity contribution is 8.03. The van der Waals surface area contributed by atoms with E-state index in [9.17, 15) is 0 Å². The van der Waals surface area contributed by atoms with E-state index in [2.05, 4.69) is 19.4 Å². The van der Waals surface area contributed by atoms with E-state index in [0.717, 1.165) is 27.6 Å². The lowest BCUT2D eigenvalue weighted by Gasteiger charge is -2.16. The molecule has 0 unspecified atom stereocenters. The Morgan fingerprint density at radius 1 is 1.26 bits per heavy atom. The van der Waals surface area contributed by atoms with Crippen LogP contribution in [-0.4, -0.2) is 5.75 Å². The number of rotatable bonds is 5. The van der Waals surface area contributed by atoms with E-state index in [1.54, 1.807) is 0 Å². The maximum absolute atomic E-state index is 6.32. The molecule has 19 heavy (non-hydrogen) atoms. The van der Waals surface area contributed by atoms with Crippen molar-refractivity contribution in [1.82, 2.24) is 0 Å². The van der Waals surface area contributed by atoms with E-state index in [4.69, 9.17) is 23.2 Å². The minimum absolute atomic E-state index is 0.744. The summed E-state index contributed by atoms with van der Waals surface area (Å²) in [6.45, 7) is 2.22. The standard InChI is InChI=1S/C16H17Cl2S/c1-2-3-9-19-14-7-8-16(18)15(11-14)12-5-4-6-13(17)10-12/h4-6,8,10-11H,2-3,7,9H2,1H3. The van der Waals surface area contributed by atoms with Gasteiger partial charge >= 0.3 is 0 Å². The first kappa shape index (κ1) is 15.0. The molecule has 0 atom stereocenters. The van der Waals surface area contributed by atoms with Gasteiger partial charge in [-0.2, -0.15) is 0 Å². The molecule has 1 radical (unpaired) electrons. The fraction of sp³-hybridized carbons (Fsp3) is 0.312. The van der Waals surface area contributed by atoms with Crippen LogP contribution in [0.25, 0.3) is 5.57 Å². The van der Waals surface area contributed by atoms with Crippen LogP contribution in [0.1, 0.15) is 31.7 Å². The molecule has 101 valence electrons. The van der Waals surface area contributed by atoms with Gasteiger partial charge in [-0.15, -0.1) is 11.8 Å². The zero-order chi connectivity index (χ0) is 13.7. The fourth-order valence-corrected chi connectivity index (χ4v) is 3.44. The summed E-state index contributed by atoms with van der Waals surface area (Å²) in [5.74, 6) is 1.18. The minimum Gasteiger partial charge on any atom is -0.131 e. The normalized spacial score (nSPS) is 15.6. The van der Waals surface area contributed by atoms with Crippen molar-refractivity contribution in [3.05, 3.63) is 57.3 Å². The molecule has 0 amide bonds. The summed E-state index contributed by atoms with van der Waals surface area (Å²) in [5, 5.41) is 1.57. The SMILES string of the molecule is CCCCSC1=CC(c2cccc(Cl)c2)=C(Cl)[CH]C1. The van der Waals surface area contributed by atoms with E-state index < -0.39 is 0 Å². The number of allylic oxidation sites excluding steroid dienone is 4. The quantitative estimate of drug-likeness (QED) is 0.574. The highest BCUT2D eigenvalue weighted by atomic mass is 35.5. The van der Waals surface area contributed by atoms with Crippen molar-refractivity contribution in [2.75, 3.05) is 5.75 Å². The zero-order valence-electron chi connectivity index (χ0n) is 11.0. The van der Waals surface area contributed by atoms with Gasteiger partial charge < -0.3 is 0 Å². The van der Waals surface area contributed by atoms with Crippen molar-refractivity contribution in [2.45, 2.75) is 26.2 Å². The molecule has 1 aromatic rings. The summed E-state index contributed by atoms with van der Waals surface area (Å²) in [6.07, 6.45) is 7.73. The highest BCUT2D eigenvalue weighted by Crippen LogP contribution is 2.37. The van der Waals surface area contributed by atoms with Crippen LogP contribution >= 0.6 is 35.0 Å². The van der Waals surface area contributed by atoms with E-state index in [1.165, 1.54) is 23.5 Å². The van der Waals surface area contributed by atoms with Gasteiger partial charge in [0, 0.05) is 16.5 Å². The molecule has 0 N–H and O–H groups in total. The maximum Gasteiger partial charge on any atom is 0.0412 e. The Kier molecular flexibility index (Phi) is 5.87. The second kappa shape index (κ2) is 7.42. The van der Waals surface area contributed by atoms with Crippen molar-refractivity contribution in [3.63, 3.8) is 0 Å². The lowest BCUT2D eigenvalue weighted by molar-refractivity contribution is 0.897. The van der Waals surface area contributed by atoms with Gasteiger partial charge in [-0.1, -0.05) is 48.7 Å². The van der Waals surface area contributed by atoms with E-state index >= 15 is 0 Å². The molecule has 0 saturated heterocycles. The van der Waals surface area contributed by atoms with Gasteiger partial charge in [0.05, 0.1) is 0 Å². The van der Waals surface area contributed by atoms with Crippen molar-refractivity contribution < 1.29 is 0 Å². The minimum atomic E-state index is 0.744. The molecule has 1 aromatic carbocycles. The third-order valence-electron chi connectivity index (χ3n) is 2.97. The Hall–Kier alpha value is -0.370. The number of hydrogen-bond donors (Lipinski definition) is 0. The molecule has 0 spiro atoms. The van der Waals surface area contributed by atoms with E-state index in [-0.39, 0.29) is 0 Å². The van der Waals surface area contributed by atoms with Crippen molar-refractivity contribution in [1.29, 1.82) is 0 Å². The van der Waals surface area contributed by atoms with Crippen LogP contribution in [0.4, 0.5) is 0 Å². The second-order valence-electron chi connectivity index (χ2n) is 4.49. The van der Waals surface area contributed by atoms with Crippen LogP contribution in [-0.2, 0) is 0 Å². The maximum atomic E-state index is 6.32. The summed E-state index contributed by atoms with van der Waals surface area (Å²) >= 11 is 14.3. The Morgan fingerprint density at radius 3 is 2.84 bits per heavy atom. The van der Waals surface area contributed by atoms with Crippen LogP contribution in [0.2, 0.25) is 5.02 Å². The van der Waals surface area contributed by atoms with Gasteiger partial charge in [0.1, 0.15) is 0 Å². The summed E-state index contributed by atoms with van der Waals surface area (Å²) in [4.78, 5) is 1.38. The first-order chi connectivity index (χ1) is 9.20. The van der Waals surface area contributed by atoms with Crippen LogP contribution in [0.5, 0.6) is 0 Å². The summed E-state index contributed by atoms with van der Waals surface area (Å²) in [5.41, 5.74) is 2.16. The van der Waals surface area contributed by atoms with Crippen LogP contribution in [0.3, 0.4) is 0 Å². The predicted molar refractivity (Wildman–Crippen MR) is 88.6 cm³/mol. The lowest BCUT2D eigenvalue weighted by atomic mass is 9.99. The monoisotopic (exact) mass is 311 g/mol. The van der Waals surface area contributed by atoms with E-state index in [1.807, 2.05) is 36.0 Å². The summed E-state index contributed by atoms with van der Waals surface area (Å²) in [6, 6.07) is 7.85. The zero-order valence-corrected chi connectivity index (χ0v) is 13.3. The number of hydrogen-bond acceptors (Lipinski definition) is 1. The van der Waals surface area contributed by atoms with E-state index in [0.29, 0.717) is 0 Å². The first-order valence-electron chi connectivity index (χ1n) is 6.53. The van der Waals surface area contributed by atoms with Gasteiger partial charge in [-0.25, -0.2) is 0 Å². The number of unbranched alkanes of at least 4 members (excludes halogenated alkanes) is 1. The Balaban J connectivity index is 2.18. The number of halogens is 2. The van der Waals surface area contributed by atoms with Gasteiger partial charge in [-0.05, 0) is 52.8 Å². The van der Waals surface area contributed by atoms with Gasteiger partial charge in [0.15, 0.2) is 0 Å². The van der Waals surface area contributed by atoms with Crippen LogP contribution in [0, 0.1) is 6.42 Å². The molecular weight excluding hydrogens is 295 g/mol. The third-order valence-corrected chi connectivity index (χ3v) is 4.71. The molecular formula is C16H17Cl2S. The lowest BCUT2D eigenvalue weighted by Crippen LogP contribution is -1.95. The average Bonchev–Trinajstić information content (AvgIpc) is 2.41. The molecule has 0 aliphatic heterocycles. The Bertz CT molecular complexity index is 503. The van der Waals surface area contributed by atoms with Gasteiger partial charge in [0.2, 0.25) is 0 Å².